The van der Waals surface area contributed by atoms with Crippen molar-refractivity contribution in [2.45, 2.75) is 13.3 Å². The number of aromatic nitrogens is 3. The predicted octanol–water partition coefficient (Wildman–Crippen LogP) is 3.06. The molecular weight excluding hydrogens is 305 g/mol. The van der Waals surface area contributed by atoms with Gasteiger partial charge in [-0.05, 0) is 34.5 Å². The van der Waals surface area contributed by atoms with E-state index in [-0.39, 0.29) is 0 Å². The van der Waals surface area contributed by atoms with Crippen LogP contribution >= 0.6 is 27.5 Å². The van der Waals surface area contributed by atoms with Crippen molar-refractivity contribution in [1.29, 1.82) is 0 Å². The Bertz CT molecular complexity index is 551. The number of aldehydes is 1. The van der Waals surface area contributed by atoms with Gasteiger partial charge in [0.25, 0.3) is 0 Å². The highest BCUT2D eigenvalue weighted by Crippen LogP contribution is 2.22. The fourth-order valence-corrected chi connectivity index (χ4v) is 1.99. The van der Waals surface area contributed by atoms with Crippen LogP contribution in [0.15, 0.2) is 22.8 Å². The third kappa shape index (κ3) is 2.25. The van der Waals surface area contributed by atoms with E-state index in [1.165, 1.54) is 4.68 Å². The Morgan fingerprint density at radius 1 is 1.53 bits per heavy atom. The molecule has 2 aromatic rings. The van der Waals surface area contributed by atoms with Crippen LogP contribution in [0.2, 0.25) is 5.15 Å². The Kier molecular flexibility index (Phi) is 3.59. The lowest BCUT2D eigenvalue weighted by Crippen LogP contribution is -1.99. The Morgan fingerprint density at radius 2 is 2.29 bits per heavy atom. The Labute approximate surface area is 112 Å². The predicted molar refractivity (Wildman–Crippen MR) is 68.8 cm³/mol. The number of pyridine rings is 1. The lowest BCUT2D eigenvalue weighted by Gasteiger charge is -2.01. The highest BCUT2D eigenvalue weighted by molar-refractivity contribution is 9.10. The van der Waals surface area contributed by atoms with E-state index in [4.69, 9.17) is 11.6 Å². The molecule has 0 aliphatic carbocycles. The largest absolute Gasteiger partial charge is 0.298 e. The molecule has 0 unspecified atom stereocenters. The highest BCUT2D eigenvalue weighted by Gasteiger charge is 2.15. The number of hydrogen-bond donors (Lipinski definition) is 0. The Balaban J connectivity index is 2.56. The molecule has 0 N–H and O–H groups in total. The summed E-state index contributed by atoms with van der Waals surface area (Å²) in [7, 11) is 0. The SMILES string of the molecule is CCc1nn(-c2ccc(Br)cn2)c(Cl)c1C=O. The van der Waals surface area contributed by atoms with Crippen molar-refractivity contribution in [3.63, 3.8) is 0 Å². The normalized spacial score (nSPS) is 10.5. The van der Waals surface area contributed by atoms with Gasteiger partial charge >= 0.3 is 0 Å². The molecule has 2 rings (SSSR count). The van der Waals surface area contributed by atoms with Gasteiger partial charge in [0.2, 0.25) is 0 Å². The first kappa shape index (κ1) is 12.3. The van der Waals surface area contributed by atoms with E-state index in [1.54, 1.807) is 12.3 Å². The molecule has 0 radical (unpaired) electrons. The molecule has 0 spiro atoms. The van der Waals surface area contributed by atoms with Crippen LogP contribution in [0.3, 0.4) is 0 Å². The van der Waals surface area contributed by atoms with E-state index in [0.29, 0.717) is 28.6 Å². The molecule has 0 aliphatic rings. The number of nitrogens with zero attached hydrogens (tertiary/aromatic N) is 3. The summed E-state index contributed by atoms with van der Waals surface area (Å²) in [5.74, 6) is 0.584. The van der Waals surface area contributed by atoms with Crippen molar-refractivity contribution in [3.05, 3.63) is 39.2 Å². The maximum atomic E-state index is 10.9. The second-order valence-electron chi connectivity index (χ2n) is 3.37. The van der Waals surface area contributed by atoms with Gasteiger partial charge in [0.05, 0.1) is 11.3 Å². The zero-order valence-electron chi connectivity index (χ0n) is 9.02. The van der Waals surface area contributed by atoms with E-state index < -0.39 is 0 Å². The molecule has 0 amide bonds. The van der Waals surface area contributed by atoms with Gasteiger partial charge in [0, 0.05) is 10.7 Å². The summed E-state index contributed by atoms with van der Waals surface area (Å²) in [6, 6.07) is 3.61. The first-order valence-corrected chi connectivity index (χ1v) is 6.19. The quantitative estimate of drug-likeness (QED) is 0.818. The first-order valence-electron chi connectivity index (χ1n) is 5.01. The average Bonchev–Trinajstić information content (AvgIpc) is 2.66. The second kappa shape index (κ2) is 4.98. The molecule has 2 heterocycles. The molecular formula is C11H9BrClN3O. The third-order valence-electron chi connectivity index (χ3n) is 2.32. The van der Waals surface area contributed by atoms with E-state index in [0.717, 1.165) is 10.8 Å². The van der Waals surface area contributed by atoms with Crippen LogP contribution in [0.1, 0.15) is 23.0 Å². The summed E-state index contributed by atoms with van der Waals surface area (Å²) in [5, 5.41) is 4.57. The summed E-state index contributed by atoms with van der Waals surface area (Å²) in [5.41, 5.74) is 1.11. The number of hydrogen-bond acceptors (Lipinski definition) is 3. The standard InChI is InChI=1S/C11H9BrClN3O/c1-2-9-8(6-17)11(13)16(15-9)10-4-3-7(12)5-14-10/h3-6H,2H2,1H3. The second-order valence-corrected chi connectivity index (χ2v) is 4.64. The Morgan fingerprint density at radius 3 is 2.76 bits per heavy atom. The van der Waals surface area contributed by atoms with Gasteiger partial charge in [0.15, 0.2) is 12.1 Å². The summed E-state index contributed by atoms with van der Waals surface area (Å²) >= 11 is 9.40. The fourth-order valence-electron chi connectivity index (χ4n) is 1.47. The summed E-state index contributed by atoms with van der Waals surface area (Å²) in [6.45, 7) is 1.92. The molecule has 0 aromatic carbocycles. The Hall–Kier alpha value is -1.20. The maximum absolute atomic E-state index is 10.9. The maximum Gasteiger partial charge on any atom is 0.155 e. The minimum Gasteiger partial charge on any atom is -0.298 e. The lowest BCUT2D eigenvalue weighted by molar-refractivity contribution is 0.112. The van der Waals surface area contributed by atoms with Crippen molar-refractivity contribution in [2.24, 2.45) is 0 Å². The number of carbonyl (C=O) groups is 1. The molecule has 4 nitrogen and oxygen atoms in total. The van der Waals surface area contributed by atoms with Crippen molar-refractivity contribution in [1.82, 2.24) is 14.8 Å². The molecule has 0 saturated heterocycles. The van der Waals surface area contributed by atoms with Crippen LogP contribution in [0.5, 0.6) is 0 Å². The topological polar surface area (TPSA) is 47.8 Å². The molecule has 0 fully saturated rings. The monoisotopic (exact) mass is 313 g/mol. The van der Waals surface area contributed by atoms with Crippen LogP contribution in [-0.4, -0.2) is 21.1 Å². The summed E-state index contributed by atoms with van der Waals surface area (Å²) in [6.07, 6.45) is 3.03. The van der Waals surface area contributed by atoms with Crippen molar-refractivity contribution in [3.8, 4) is 5.82 Å². The van der Waals surface area contributed by atoms with Crippen molar-refractivity contribution < 1.29 is 4.79 Å². The first-order chi connectivity index (χ1) is 8.17. The minimum absolute atomic E-state index is 0.298. The van der Waals surface area contributed by atoms with Gasteiger partial charge in [-0.1, -0.05) is 18.5 Å². The molecule has 2 aromatic heterocycles. The molecule has 0 atom stereocenters. The summed E-state index contributed by atoms with van der Waals surface area (Å²) in [4.78, 5) is 15.1. The van der Waals surface area contributed by atoms with Crippen molar-refractivity contribution in [2.75, 3.05) is 0 Å². The lowest BCUT2D eigenvalue weighted by atomic mass is 10.2. The molecule has 0 aliphatic heterocycles. The minimum atomic E-state index is 0.298. The van der Waals surface area contributed by atoms with Crippen LogP contribution in [0, 0.1) is 0 Å². The fraction of sp³-hybridized carbons (Fsp3) is 0.182. The van der Waals surface area contributed by atoms with Crippen LogP contribution < -0.4 is 0 Å². The van der Waals surface area contributed by atoms with E-state index in [1.807, 2.05) is 13.0 Å². The smallest absolute Gasteiger partial charge is 0.155 e. The van der Waals surface area contributed by atoms with Crippen LogP contribution in [-0.2, 0) is 6.42 Å². The van der Waals surface area contributed by atoms with Crippen molar-refractivity contribution >= 4 is 33.8 Å². The third-order valence-corrected chi connectivity index (χ3v) is 3.15. The zero-order valence-corrected chi connectivity index (χ0v) is 11.4. The van der Waals surface area contributed by atoms with Crippen LogP contribution in [0.25, 0.3) is 5.82 Å². The van der Waals surface area contributed by atoms with E-state index in [2.05, 4.69) is 26.0 Å². The number of aryl methyl sites for hydroxylation is 1. The molecule has 6 heteroatoms. The van der Waals surface area contributed by atoms with Gasteiger partial charge in [0.1, 0.15) is 5.15 Å². The molecule has 88 valence electrons. The average molecular weight is 315 g/mol. The molecule has 17 heavy (non-hydrogen) atoms. The molecule has 0 bridgehead atoms. The number of rotatable bonds is 3. The van der Waals surface area contributed by atoms with E-state index >= 15 is 0 Å². The molecule has 0 saturated carbocycles. The summed E-state index contributed by atoms with van der Waals surface area (Å²) < 4.78 is 2.34. The highest BCUT2D eigenvalue weighted by atomic mass is 79.9. The van der Waals surface area contributed by atoms with E-state index in [9.17, 15) is 4.79 Å². The number of halogens is 2. The number of carbonyl (C=O) groups excluding carboxylic acids is 1. The van der Waals surface area contributed by atoms with Gasteiger partial charge in [-0.15, -0.1) is 0 Å². The van der Waals surface area contributed by atoms with Gasteiger partial charge < -0.3 is 0 Å². The van der Waals surface area contributed by atoms with Gasteiger partial charge in [-0.25, -0.2) is 9.67 Å². The van der Waals surface area contributed by atoms with Gasteiger partial charge in [-0.3, -0.25) is 4.79 Å². The van der Waals surface area contributed by atoms with Crippen LogP contribution in [0.4, 0.5) is 0 Å². The van der Waals surface area contributed by atoms with Gasteiger partial charge in [-0.2, -0.15) is 5.10 Å². The zero-order chi connectivity index (χ0) is 12.4.